The van der Waals surface area contributed by atoms with Crippen LogP contribution in [-0.2, 0) is 9.47 Å². The van der Waals surface area contributed by atoms with Crippen molar-refractivity contribution in [3.05, 3.63) is 29.6 Å². The summed E-state index contributed by atoms with van der Waals surface area (Å²) in [4.78, 5) is 14.5. The van der Waals surface area contributed by atoms with Crippen LogP contribution in [0.3, 0.4) is 0 Å². The van der Waals surface area contributed by atoms with E-state index in [2.05, 4.69) is 17.6 Å². The lowest BCUT2D eigenvalue weighted by atomic mass is 9.91. The van der Waals surface area contributed by atoms with Gasteiger partial charge in [-0.3, -0.25) is 0 Å². The van der Waals surface area contributed by atoms with Crippen LogP contribution in [0.1, 0.15) is 12.5 Å². The zero-order chi connectivity index (χ0) is 18.3. The highest BCUT2D eigenvalue weighted by molar-refractivity contribution is 5.90. The maximum absolute atomic E-state index is 13.5. The maximum Gasteiger partial charge on any atom is 0.321 e. The van der Waals surface area contributed by atoms with Gasteiger partial charge in [-0.25, -0.2) is 9.18 Å². The molecule has 1 aromatic carbocycles. The third-order valence-electron chi connectivity index (χ3n) is 4.29. The van der Waals surface area contributed by atoms with Crippen LogP contribution in [0.4, 0.5) is 14.9 Å². The second kappa shape index (κ2) is 9.12. The van der Waals surface area contributed by atoms with Crippen molar-refractivity contribution >= 4 is 11.7 Å². The molecule has 0 spiro atoms. The summed E-state index contributed by atoms with van der Waals surface area (Å²) in [7, 11) is 1.60. The quantitative estimate of drug-likeness (QED) is 0.823. The fourth-order valence-electron chi connectivity index (χ4n) is 2.84. The number of hydrogen-bond acceptors (Lipinski definition) is 4. The first-order valence-electron chi connectivity index (χ1n) is 8.53. The highest BCUT2D eigenvalue weighted by atomic mass is 19.1. The van der Waals surface area contributed by atoms with E-state index in [1.807, 2.05) is 6.92 Å². The minimum atomic E-state index is -0.377. The Hall–Kier alpha value is -1.70. The van der Waals surface area contributed by atoms with Crippen molar-refractivity contribution in [2.45, 2.75) is 13.8 Å². The van der Waals surface area contributed by atoms with E-state index in [1.165, 1.54) is 12.1 Å². The van der Waals surface area contributed by atoms with Crippen molar-refractivity contribution in [2.24, 2.45) is 5.41 Å². The van der Waals surface area contributed by atoms with Gasteiger partial charge in [0.05, 0.1) is 19.8 Å². The van der Waals surface area contributed by atoms with Gasteiger partial charge in [0.25, 0.3) is 0 Å². The minimum Gasteiger partial charge on any atom is -0.383 e. The van der Waals surface area contributed by atoms with Gasteiger partial charge in [-0.15, -0.1) is 0 Å². The van der Waals surface area contributed by atoms with Gasteiger partial charge in [0.15, 0.2) is 0 Å². The lowest BCUT2D eigenvalue weighted by Gasteiger charge is -2.34. The Morgan fingerprint density at radius 3 is 3.08 bits per heavy atom. The molecule has 1 aromatic rings. The van der Waals surface area contributed by atoms with E-state index in [1.54, 1.807) is 18.1 Å². The second-order valence-electron chi connectivity index (χ2n) is 6.84. The molecular weight excluding hydrogens is 325 g/mol. The number of benzene rings is 1. The van der Waals surface area contributed by atoms with Crippen molar-refractivity contribution in [1.29, 1.82) is 0 Å². The number of nitrogens with one attached hydrogen (secondary N) is 2. The number of urea groups is 1. The normalized spacial score (nSPS) is 20.8. The summed E-state index contributed by atoms with van der Waals surface area (Å²) in [6.45, 7) is 8.14. The van der Waals surface area contributed by atoms with Gasteiger partial charge >= 0.3 is 6.03 Å². The number of anilines is 1. The fraction of sp³-hybridized carbons (Fsp3) is 0.611. The number of ether oxygens (including phenoxy) is 2. The van der Waals surface area contributed by atoms with Crippen LogP contribution in [0.15, 0.2) is 18.2 Å². The molecule has 1 fully saturated rings. The third-order valence-corrected chi connectivity index (χ3v) is 4.29. The summed E-state index contributed by atoms with van der Waals surface area (Å²) in [5, 5.41) is 6.15. The first kappa shape index (κ1) is 19.6. The highest BCUT2D eigenvalue weighted by Gasteiger charge is 2.31. The monoisotopic (exact) mass is 353 g/mol. The highest BCUT2D eigenvalue weighted by Crippen LogP contribution is 2.21. The zero-order valence-corrected chi connectivity index (χ0v) is 15.2. The van der Waals surface area contributed by atoms with E-state index < -0.39 is 0 Å². The van der Waals surface area contributed by atoms with Crippen LogP contribution in [0.25, 0.3) is 0 Å². The van der Waals surface area contributed by atoms with Crippen molar-refractivity contribution in [3.63, 3.8) is 0 Å². The molecule has 25 heavy (non-hydrogen) atoms. The first-order chi connectivity index (χ1) is 11.9. The Morgan fingerprint density at radius 1 is 1.52 bits per heavy atom. The van der Waals surface area contributed by atoms with Crippen molar-refractivity contribution in [3.8, 4) is 0 Å². The average molecular weight is 353 g/mol. The molecule has 0 radical (unpaired) electrons. The van der Waals surface area contributed by atoms with Gasteiger partial charge in [-0.05, 0) is 24.6 Å². The van der Waals surface area contributed by atoms with E-state index in [4.69, 9.17) is 9.47 Å². The van der Waals surface area contributed by atoms with E-state index in [9.17, 15) is 9.18 Å². The van der Waals surface area contributed by atoms with E-state index >= 15 is 0 Å². The number of hydrogen-bond donors (Lipinski definition) is 2. The van der Waals surface area contributed by atoms with Crippen LogP contribution < -0.4 is 10.6 Å². The summed E-state index contributed by atoms with van der Waals surface area (Å²) in [5.74, 6) is -0.377. The molecule has 140 valence electrons. The maximum atomic E-state index is 13.5. The molecule has 0 aliphatic carbocycles. The summed E-state index contributed by atoms with van der Waals surface area (Å²) < 4.78 is 24.3. The van der Waals surface area contributed by atoms with Gasteiger partial charge in [-0.2, -0.15) is 0 Å². The fourth-order valence-corrected chi connectivity index (χ4v) is 2.84. The van der Waals surface area contributed by atoms with E-state index in [0.29, 0.717) is 38.6 Å². The van der Waals surface area contributed by atoms with Gasteiger partial charge in [0.1, 0.15) is 5.82 Å². The van der Waals surface area contributed by atoms with E-state index in [-0.39, 0.29) is 17.3 Å². The molecule has 1 atom stereocenters. The Kier molecular flexibility index (Phi) is 7.16. The number of aryl methyl sites for hydroxylation is 1. The van der Waals surface area contributed by atoms with Crippen molar-refractivity contribution in [1.82, 2.24) is 10.2 Å². The zero-order valence-electron chi connectivity index (χ0n) is 15.2. The molecule has 1 unspecified atom stereocenters. The Bertz CT molecular complexity index is 575. The van der Waals surface area contributed by atoms with Crippen molar-refractivity contribution in [2.75, 3.05) is 58.4 Å². The minimum absolute atomic E-state index is 0.196. The molecular formula is C18H28FN3O3. The number of nitrogens with zero attached hydrogens (tertiary/aromatic N) is 1. The predicted molar refractivity (Wildman–Crippen MR) is 95.4 cm³/mol. The van der Waals surface area contributed by atoms with Crippen LogP contribution in [-0.4, -0.2) is 64.0 Å². The number of rotatable bonds is 6. The van der Waals surface area contributed by atoms with Gasteiger partial charge in [0.2, 0.25) is 0 Å². The molecule has 1 saturated heterocycles. The summed E-state index contributed by atoms with van der Waals surface area (Å²) >= 11 is 0. The second-order valence-corrected chi connectivity index (χ2v) is 6.84. The number of methoxy groups -OCH3 is 1. The van der Waals surface area contributed by atoms with Crippen molar-refractivity contribution < 1.29 is 18.7 Å². The molecule has 6 nitrogen and oxygen atoms in total. The van der Waals surface area contributed by atoms with E-state index in [0.717, 1.165) is 18.7 Å². The Balaban J connectivity index is 2.09. The molecule has 7 heteroatoms. The lowest BCUT2D eigenvalue weighted by molar-refractivity contribution is 0.0557. The SMILES string of the molecule is COCCN(CC1(C)CNCCOC1)C(=O)Nc1cc(F)ccc1C. The molecule has 2 N–H and O–H groups in total. The van der Waals surface area contributed by atoms with Gasteiger partial charge < -0.3 is 25.0 Å². The first-order valence-corrected chi connectivity index (χ1v) is 8.53. The summed E-state index contributed by atoms with van der Waals surface area (Å²) in [6, 6.07) is 4.09. The smallest absolute Gasteiger partial charge is 0.321 e. The average Bonchev–Trinajstić information content (AvgIpc) is 2.79. The van der Waals surface area contributed by atoms with Crippen LogP contribution in [0.5, 0.6) is 0 Å². The van der Waals surface area contributed by atoms with Crippen LogP contribution in [0.2, 0.25) is 0 Å². The molecule has 0 aromatic heterocycles. The molecule has 0 saturated carbocycles. The van der Waals surface area contributed by atoms with Gasteiger partial charge in [0, 0.05) is 44.4 Å². The molecule has 0 bridgehead atoms. The predicted octanol–water partition coefficient (Wildman–Crippen LogP) is 2.24. The van der Waals surface area contributed by atoms with Gasteiger partial charge in [-0.1, -0.05) is 13.0 Å². The Morgan fingerprint density at radius 2 is 2.32 bits per heavy atom. The molecule has 2 rings (SSSR count). The third kappa shape index (κ3) is 5.95. The number of halogens is 1. The van der Waals surface area contributed by atoms with Crippen LogP contribution in [0, 0.1) is 18.2 Å². The number of carbonyl (C=O) groups is 1. The largest absolute Gasteiger partial charge is 0.383 e. The topological polar surface area (TPSA) is 62.8 Å². The summed E-state index contributed by atoms with van der Waals surface area (Å²) in [5.41, 5.74) is 1.10. The number of carbonyl (C=O) groups excluding carboxylic acids is 1. The standard InChI is InChI=1S/C18H28FN3O3/c1-14-4-5-15(19)10-16(14)21-17(23)22(7-9-24-3)12-18(2)11-20-6-8-25-13-18/h4-5,10,20H,6-9,11-13H2,1-3H3,(H,21,23). The molecule has 1 heterocycles. The van der Waals surface area contributed by atoms with Crippen LogP contribution >= 0.6 is 0 Å². The lowest BCUT2D eigenvalue weighted by Crippen LogP contribution is -2.48. The molecule has 2 amide bonds. The number of amides is 2. The molecule has 1 aliphatic rings. The summed E-state index contributed by atoms with van der Waals surface area (Å²) in [6.07, 6.45) is 0. The Labute approximate surface area is 148 Å². The molecule has 1 aliphatic heterocycles.